The number of rotatable bonds is 9. The zero-order valence-corrected chi connectivity index (χ0v) is 29.8. The molecule has 2 aromatic heterocycles. The fraction of sp³-hybridized carbons (Fsp3) is 0.263. The van der Waals surface area contributed by atoms with Gasteiger partial charge in [-0.3, -0.25) is 9.69 Å². The highest BCUT2D eigenvalue weighted by atomic mass is 79.9. The van der Waals surface area contributed by atoms with Gasteiger partial charge in [0.25, 0.3) is 5.91 Å². The van der Waals surface area contributed by atoms with Gasteiger partial charge < -0.3 is 28.6 Å². The zero-order valence-electron chi connectivity index (χ0n) is 28.0. The van der Waals surface area contributed by atoms with Crippen LogP contribution in [0.2, 0.25) is 0 Å². The number of alkyl halides is 3. The molecule has 1 fully saturated rings. The second kappa shape index (κ2) is 15.1. The predicted molar refractivity (Wildman–Crippen MR) is 194 cm³/mol. The lowest BCUT2D eigenvalue weighted by Gasteiger charge is -2.39. The number of aromatic nitrogens is 2. The van der Waals surface area contributed by atoms with Crippen LogP contribution in [0.3, 0.4) is 0 Å². The summed E-state index contributed by atoms with van der Waals surface area (Å²) in [6.07, 6.45) is -0.299. The number of carbonyl (C=O) groups excluding carboxylic acids is 1. The van der Waals surface area contributed by atoms with E-state index in [-0.39, 0.29) is 35.7 Å². The molecule has 0 aliphatic carbocycles. The van der Waals surface area contributed by atoms with Gasteiger partial charge in [-0.15, -0.1) is 17.0 Å². The van der Waals surface area contributed by atoms with Crippen LogP contribution in [-0.2, 0) is 29.1 Å². The highest BCUT2D eigenvalue weighted by Gasteiger charge is 2.32. The van der Waals surface area contributed by atoms with E-state index < -0.39 is 11.7 Å². The number of carbonyl (C=O) groups is 1. The van der Waals surface area contributed by atoms with Crippen molar-refractivity contribution in [2.75, 3.05) is 44.9 Å². The van der Waals surface area contributed by atoms with Gasteiger partial charge in [0.1, 0.15) is 17.7 Å². The maximum atomic E-state index is 13.8. The number of pyridine rings is 1. The molecule has 0 radical (unpaired) electrons. The van der Waals surface area contributed by atoms with Crippen LogP contribution in [0.5, 0.6) is 11.6 Å². The monoisotopic (exact) mass is 763 g/mol. The first kappa shape index (κ1) is 35.8. The van der Waals surface area contributed by atoms with Crippen LogP contribution >= 0.6 is 17.0 Å². The van der Waals surface area contributed by atoms with E-state index in [1.54, 1.807) is 36.5 Å². The first-order valence-electron chi connectivity index (χ1n) is 16.3. The Labute approximate surface area is 304 Å². The molecule has 2 aliphatic heterocycles. The molecule has 51 heavy (non-hydrogen) atoms. The molecule has 0 saturated carbocycles. The number of fused-ring (bicyclic) bond motifs is 1. The average Bonchev–Trinajstić information content (AvgIpc) is 3.79. The van der Waals surface area contributed by atoms with Crippen molar-refractivity contribution in [1.82, 2.24) is 19.4 Å². The molecule has 0 spiro atoms. The van der Waals surface area contributed by atoms with Crippen molar-refractivity contribution in [2.45, 2.75) is 18.6 Å². The van der Waals surface area contributed by atoms with Crippen LogP contribution in [-0.4, -0.2) is 71.3 Å². The first-order valence-corrected chi connectivity index (χ1v) is 16.3. The summed E-state index contributed by atoms with van der Waals surface area (Å²) in [7, 11) is 3.64. The Hall–Kier alpha value is -5.01. The quantitative estimate of drug-likeness (QED) is 0.151. The molecule has 4 heterocycles. The third-order valence-corrected chi connectivity index (χ3v) is 9.28. The Kier molecular flexibility index (Phi) is 10.6. The largest absolute Gasteiger partial charge is 0.462 e. The number of hydrogen-bond donors (Lipinski definition) is 0. The van der Waals surface area contributed by atoms with E-state index in [1.165, 1.54) is 17.7 Å². The van der Waals surface area contributed by atoms with Crippen molar-refractivity contribution in [3.63, 3.8) is 0 Å². The standard InChI is InChI=1S/C38H36F3N5O4.BrH/c1-43(29-10-8-28(9-11-29)38(39,40)41)30-12-15-36(42-23-30)50-31-13-14-32-27(21-31)22-34(44(32)2)37(47)46-18-16-45(17-19-46)33(35-24-48-25-49-35)20-26-6-4-3-5-7-26;/h3-15,21-24,33H,16-20,25H2,1-2H3;1H. The van der Waals surface area contributed by atoms with E-state index in [9.17, 15) is 18.0 Å². The summed E-state index contributed by atoms with van der Waals surface area (Å²) in [6, 6.07) is 26.3. The van der Waals surface area contributed by atoms with E-state index >= 15 is 0 Å². The Morgan fingerprint density at radius 1 is 0.941 bits per heavy atom. The molecule has 1 atom stereocenters. The minimum atomic E-state index is -4.39. The number of amides is 1. The summed E-state index contributed by atoms with van der Waals surface area (Å²) in [6.45, 7) is 2.81. The molecule has 1 unspecified atom stereocenters. The maximum absolute atomic E-state index is 13.8. The minimum Gasteiger partial charge on any atom is -0.462 e. The molecular formula is C38H37BrF3N5O4. The smallest absolute Gasteiger partial charge is 0.416 e. The second-order valence-electron chi connectivity index (χ2n) is 12.4. The van der Waals surface area contributed by atoms with E-state index in [4.69, 9.17) is 14.2 Å². The Bertz CT molecular complexity index is 1990. The molecule has 3 aromatic carbocycles. The van der Waals surface area contributed by atoms with Crippen molar-refractivity contribution >= 4 is 45.2 Å². The van der Waals surface area contributed by atoms with Crippen LogP contribution < -0.4 is 9.64 Å². The van der Waals surface area contributed by atoms with Gasteiger partial charge in [-0.1, -0.05) is 30.3 Å². The Balaban J connectivity index is 0.00000448. The average molecular weight is 765 g/mol. The molecule has 1 amide bonds. The van der Waals surface area contributed by atoms with E-state index in [1.807, 2.05) is 59.0 Å². The zero-order chi connectivity index (χ0) is 34.8. The SMILES string of the molecule is Br.CN(c1ccc(C(F)(F)F)cc1)c1ccc(Oc2ccc3c(c2)cc(C(=O)N2CCN(C(Cc4ccccc4)C4=COCO4)CC2)n3C)nc1. The lowest BCUT2D eigenvalue weighted by Crippen LogP contribution is -2.53. The van der Waals surface area contributed by atoms with Crippen LogP contribution in [0.4, 0.5) is 24.5 Å². The van der Waals surface area contributed by atoms with Crippen LogP contribution in [0.1, 0.15) is 21.6 Å². The van der Waals surface area contributed by atoms with Crippen molar-refractivity contribution in [1.29, 1.82) is 0 Å². The molecule has 1 saturated heterocycles. The summed E-state index contributed by atoms with van der Waals surface area (Å²) in [5.74, 6) is 1.70. The number of benzene rings is 3. The van der Waals surface area contributed by atoms with Crippen molar-refractivity contribution in [3.05, 3.63) is 126 Å². The second-order valence-corrected chi connectivity index (χ2v) is 12.4. The van der Waals surface area contributed by atoms with Crippen LogP contribution in [0, 0.1) is 0 Å². The van der Waals surface area contributed by atoms with E-state index in [2.05, 4.69) is 22.0 Å². The number of nitrogens with zero attached hydrogens (tertiary/aromatic N) is 5. The third-order valence-electron chi connectivity index (χ3n) is 9.28. The Morgan fingerprint density at radius 2 is 1.67 bits per heavy atom. The topological polar surface area (TPSA) is 72.3 Å². The van der Waals surface area contributed by atoms with Crippen molar-refractivity contribution in [2.24, 2.45) is 7.05 Å². The molecule has 7 rings (SSSR count). The lowest BCUT2D eigenvalue weighted by molar-refractivity contribution is -0.137. The van der Waals surface area contributed by atoms with Gasteiger partial charge >= 0.3 is 6.18 Å². The number of hydrogen-bond acceptors (Lipinski definition) is 7. The van der Waals surface area contributed by atoms with Crippen molar-refractivity contribution in [3.8, 4) is 11.6 Å². The molecule has 5 aromatic rings. The van der Waals surface area contributed by atoms with Crippen LogP contribution in [0.15, 0.2) is 109 Å². The number of aryl methyl sites for hydroxylation is 1. The molecule has 0 bridgehead atoms. The summed E-state index contributed by atoms with van der Waals surface area (Å²) in [5.41, 5.74) is 3.28. The number of halogens is 4. The van der Waals surface area contributed by atoms with Gasteiger partial charge in [0.15, 0.2) is 5.76 Å². The van der Waals surface area contributed by atoms with Gasteiger partial charge in [-0.25, -0.2) is 4.98 Å². The Morgan fingerprint density at radius 3 is 2.31 bits per heavy atom. The van der Waals surface area contributed by atoms with Gasteiger partial charge in [0.2, 0.25) is 12.7 Å². The van der Waals surface area contributed by atoms with Gasteiger partial charge in [0.05, 0.1) is 23.5 Å². The van der Waals surface area contributed by atoms with Crippen LogP contribution in [0.25, 0.3) is 10.9 Å². The fourth-order valence-electron chi connectivity index (χ4n) is 6.44. The van der Waals surface area contributed by atoms with E-state index in [0.717, 1.165) is 35.2 Å². The first-order chi connectivity index (χ1) is 24.1. The predicted octanol–water partition coefficient (Wildman–Crippen LogP) is 7.95. The highest BCUT2D eigenvalue weighted by molar-refractivity contribution is 8.93. The van der Waals surface area contributed by atoms with Gasteiger partial charge in [-0.05, 0) is 66.6 Å². The molecule has 2 aliphatic rings. The van der Waals surface area contributed by atoms with Gasteiger partial charge in [0, 0.05) is 62.9 Å². The molecule has 266 valence electrons. The minimum absolute atomic E-state index is 0. The number of piperazine rings is 1. The van der Waals surface area contributed by atoms with Gasteiger partial charge in [-0.2, -0.15) is 13.2 Å². The highest BCUT2D eigenvalue weighted by Crippen LogP contribution is 2.33. The van der Waals surface area contributed by atoms with E-state index in [0.29, 0.717) is 54.9 Å². The third kappa shape index (κ3) is 7.84. The molecule has 13 heteroatoms. The summed E-state index contributed by atoms with van der Waals surface area (Å²) in [4.78, 5) is 24.2. The molecule has 9 nitrogen and oxygen atoms in total. The lowest BCUT2D eigenvalue weighted by atomic mass is 10.0. The normalized spacial score (nSPS) is 15.4. The number of anilines is 2. The van der Waals surface area contributed by atoms with Crippen molar-refractivity contribution < 1.29 is 32.2 Å². The molecule has 0 N–H and O–H groups in total. The summed E-state index contributed by atoms with van der Waals surface area (Å²) < 4.78 is 58.0. The molecular weight excluding hydrogens is 727 g/mol. The summed E-state index contributed by atoms with van der Waals surface area (Å²) >= 11 is 0. The fourth-order valence-corrected chi connectivity index (χ4v) is 6.44. The summed E-state index contributed by atoms with van der Waals surface area (Å²) in [5, 5.41) is 0.860. The number of ether oxygens (including phenoxy) is 3. The maximum Gasteiger partial charge on any atom is 0.416 e.